The molecule has 1 aromatic rings. The Kier molecular flexibility index (Phi) is 5.29. The number of aromatic nitrogens is 2. The zero-order valence-electron chi connectivity index (χ0n) is 12.4. The number of sulfonamides is 1. The Balaban J connectivity index is 2.23. The maximum absolute atomic E-state index is 12.5. The van der Waals surface area contributed by atoms with Gasteiger partial charge in [0.1, 0.15) is 5.82 Å². The third-order valence-electron chi connectivity index (χ3n) is 3.75. The van der Waals surface area contributed by atoms with Crippen LogP contribution in [-0.2, 0) is 21.3 Å². The quantitative estimate of drug-likeness (QED) is 0.802. The molecule has 1 N–H and O–H groups in total. The van der Waals surface area contributed by atoms with Crippen molar-refractivity contribution in [2.24, 2.45) is 0 Å². The molecule has 0 atom stereocenters. The molecule has 0 amide bonds. The van der Waals surface area contributed by atoms with Crippen LogP contribution in [0.25, 0.3) is 0 Å². The Labute approximate surface area is 130 Å². The molecule has 120 valence electrons. The number of nitrogens with zero attached hydrogens (tertiary/aromatic N) is 2. The van der Waals surface area contributed by atoms with Crippen molar-refractivity contribution < 1.29 is 13.2 Å². The lowest BCUT2D eigenvalue weighted by molar-refractivity contribution is 0.0549. The van der Waals surface area contributed by atoms with Gasteiger partial charge in [0.05, 0.1) is 5.54 Å². The smallest absolute Gasteiger partial charge is 0.260 e. The van der Waals surface area contributed by atoms with Crippen molar-refractivity contribution in [3.63, 3.8) is 0 Å². The molecule has 0 bridgehead atoms. The van der Waals surface area contributed by atoms with E-state index in [1.807, 2.05) is 11.5 Å². The van der Waals surface area contributed by atoms with Crippen molar-refractivity contribution in [2.75, 3.05) is 19.1 Å². The summed E-state index contributed by atoms with van der Waals surface area (Å²) in [5.74, 6) is 0.925. The molecular formula is C13H22ClN3O3S. The molecular weight excluding hydrogens is 314 g/mol. The van der Waals surface area contributed by atoms with Gasteiger partial charge in [0.25, 0.3) is 10.0 Å². The molecule has 0 aromatic carbocycles. The third-order valence-corrected chi connectivity index (χ3v) is 5.71. The molecule has 8 heteroatoms. The summed E-state index contributed by atoms with van der Waals surface area (Å²) in [6, 6.07) is 0. The first-order chi connectivity index (χ1) is 9.92. The van der Waals surface area contributed by atoms with Gasteiger partial charge in [-0.1, -0.05) is 6.92 Å². The highest BCUT2D eigenvalue weighted by atomic mass is 35.5. The fraction of sp³-hybridized carbons (Fsp3) is 0.769. The van der Waals surface area contributed by atoms with Crippen molar-refractivity contribution in [1.82, 2.24) is 14.3 Å². The minimum Gasteiger partial charge on any atom is -0.381 e. The lowest BCUT2D eigenvalue weighted by atomic mass is 9.94. The normalized spacial score (nSPS) is 18.8. The standard InChI is InChI=1S/C13H22ClN3O3S/c1-3-6-17-9-12(15-11(17)2)21(18,19)16-13(10-14)4-7-20-8-5-13/h9,16H,3-8,10H2,1-2H3. The number of nitrogens with one attached hydrogen (secondary N) is 1. The summed E-state index contributed by atoms with van der Waals surface area (Å²) in [5, 5.41) is 0.0597. The summed E-state index contributed by atoms with van der Waals surface area (Å²) in [5.41, 5.74) is -0.638. The highest BCUT2D eigenvalue weighted by Crippen LogP contribution is 2.25. The van der Waals surface area contributed by atoms with E-state index < -0.39 is 15.6 Å². The number of aryl methyl sites for hydroxylation is 2. The van der Waals surface area contributed by atoms with E-state index in [1.165, 1.54) is 0 Å². The van der Waals surface area contributed by atoms with Gasteiger partial charge in [-0.15, -0.1) is 11.6 Å². The molecule has 6 nitrogen and oxygen atoms in total. The van der Waals surface area contributed by atoms with Crippen molar-refractivity contribution in [3.05, 3.63) is 12.0 Å². The summed E-state index contributed by atoms with van der Waals surface area (Å²) in [6.45, 7) is 5.62. The maximum Gasteiger partial charge on any atom is 0.260 e. The van der Waals surface area contributed by atoms with E-state index in [9.17, 15) is 8.42 Å². The molecule has 0 aliphatic carbocycles. The lowest BCUT2D eigenvalue weighted by Gasteiger charge is -2.35. The zero-order valence-corrected chi connectivity index (χ0v) is 14.0. The van der Waals surface area contributed by atoms with E-state index in [-0.39, 0.29) is 10.9 Å². The van der Waals surface area contributed by atoms with Crippen molar-refractivity contribution in [1.29, 1.82) is 0 Å². The van der Waals surface area contributed by atoms with Crippen molar-refractivity contribution in [2.45, 2.75) is 50.2 Å². The molecule has 2 heterocycles. The van der Waals surface area contributed by atoms with Gasteiger partial charge in [0.15, 0.2) is 5.03 Å². The molecule has 21 heavy (non-hydrogen) atoms. The van der Waals surface area contributed by atoms with Crippen molar-refractivity contribution >= 4 is 21.6 Å². The molecule has 1 aliphatic rings. The van der Waals surface area contributed by atoms with Crippen LogP contribution in [0.3, 0.4) is 0 Å². The number of rotatable bonds is 6. The van der Waals surface area contributed by atoms with E-state index in [4.69, 9.17) is 16.3 Å². The summed E-state index contributed by atoms with van der Waals surface area (Å²) in [7, 11) is -3.67. The number of alkyl halides is 1. The number of hydrogen-bond acceptors (Lipinski definition) is 4. The molecule has 1 aliphatic heterocycles. The van der Waals surface area contributed by atoms with Crippen LogP contribution < -0.4 is 4.72 Å². The summed E-state index contributed by atoms with van der Waals surface area (Å²) >= 11 is 6.01. The van der Waals surface area contributed by atoms with Gasteiger partial charge >= 0.3 is 0 Å². The van der Waals surface area contributed by atoms with Gasteiger partial charge in [0, 0.05) is 31.8 Å². The lowest BCUT2D eigenvalue weighted by Crippen LogP contribution is -2.53. The monoisotopic (exact) mass is 335 g/mol. The predicted molar refractivity (Wildman–Crippen MR) is 81.1 cm³/mol. The second-order valence-corrected chi connectivity index (χ2v) is 7.35. The molecule has 2 rings (SSSR count). The molecule has 1 aromatic heterocycles. The van der Waals surface area contributed by atoms with Crippen LogP contribution in [0.5, 0.6) is 0 Å². The summed E-state index contributed by atoms with van der Waals surface area (Å²) < 4.78 is 35.0. The number of imidazole rings is 1. The molecule has 0 spiro atoms. The highest BCUT2D eigenvalue weighted by Gasteiger charge is 2.37. The second-order valence-electron chi connectivity index (χ2n) is 5.45. The minimum absolute atomic E-state index is 0.0597. The largest absolute Gasteiger partial charge is 0.381 e. The first-order valence-corrected chi connectivity index (χ1v) is 9.16. The number of ether oxygens (including phenoxy) is 1. The fourth-order valence-corrected chi connectivity index (χ4v) is 4.32. The Bertz CT molecular complexity index is 579. The average molecular weight is 336 g/mol. The fourth-order valence-electron chi connectivity index (χ4n) is 2.44. The van der Waals surface area contributed by atoms with E-state index >= 15 is 0 Å². The maximum atomic E-state index is 12.5. The molecule has 0 unspecified atom stereocenters. The summed E-state index contributed by atoms with van der Waals surface area (Å²) in [6.07, 6.45) is 3.66. The van der Waals surface area contributed by atoms with Gasteiger partial charge in [0.2, 0.25) is 0 Å². The average Bonchev–Trinajstić information content (AvgIpc) is 2.82. The Hall–Kier alpha value is -0.630. The van der Waals surface area contributed by atoms with Crippen molar-refractivity contribution in [3.8, 4) is 0 Å². The Morgan fingerprint density at radius 1 is 1.48 bits per heavy atom. The van der Waals surface area contributed by atoms with Crippen LogP contribution >= 0.6 is 11.6 Å². The van der Waals surface area contributed by atoms with E-state index in [0.717, 1.165) is 13.0 Å². The number of halogens is 1. The van der Waals surface area contributed by atoms with Gasteiger partial charge in [-0.25, -0.2) is 18.1 Å². The van der Waals surface area contributed by atoms with E-state index in [0.29, 0.717) is 31.9 Å². The number of hydrogen-bond donors (Lipinski definition) is 1. The van der Waals surface area contributed by atoms with Gasteiger partial charge < -0.3 is 9.30 Å². The summed E-state index contributed by atoms with van der Waals surface area (Å²) in [4.78, 5) is 4.17. The predicted octanol–water partition coefficient (Wildman–Crippen LogP) is 1.67. The zero-order chi connectivity index (χ0) is 15.5. The van der Waals surface area contributed by atoms with E-state index in [1.54, 1.807) is 13.1 Å². The SMILES string of the molecule is CCCn1cc(S(=O)(=O)NC2(CCl)CCOCC2)nc1C. The van der Waals surface area contributed by atoms with E-state index in [2.05, 4.69) is 9.71 Å². The van der Waals surface area contributed by atoms with Gasteiger partial charge in [-0.05, 0) is 26.2 Å². The highest BCUT2D eigenvalue weighted by molar-refractivity contribution is 7.89. The molecule has 0 radical (unpaired) electrons. The molecule has 0 saturated carbocycles. The van der Waals surface area contributed by atoms with Crippen LogP contribution in [0.1, 0.15) is 32.0 Å². The van der Waals surface area contributed by atoms with Gasteiger partial charge in [-0.3, -0.25) is 0 Å². The van der Waals surface area contributed by atoms with Crippen LogP contribution in [0.15, 0.2) is 11.2 Å². The van der Waals surface area contributed by atoms with Crippen LogP contribution in [-0.4, -0.2) is 42.6 Å². The first-order valence-electron chi connectivity index (χ1n) is 7.14. The molecule has 1 saturated heterocycles. The van der Waals surface area contributed by atoms with Crippen LogP contribution in [0, 0.1) is 6.92 Å². The second kappa shape index (κ2) is 6.64. The Morgan fingerprint density at radius 3 is 2.71 bits per heavy atom. The topological polar surface area (TPSA) is 73.2 Å². The minimum atomic E-state index is -3.67. The first kappa shape index (κ1) is 16.7. The Morgan fingerprint density at radius 2 is 2.14 bits per heavy atom. The molecule has 1 fully saturated rings. The van der Waals surface area contributed by atoms with Crippen LogP contribution in [0.4, 0.5) is 0 Å². The van der Waals surface area contributed by atoms with Gasteiger partial charge in [-0.2, -0.15) is 0 Å². The third kappa shape index (κ3) is 3.77. The van der Waals surface area contributed by atoms with Crippen LogP contribution in [0.2, 0.25) is 0 Å².